The van der Waals surface area contributed by atoms with Gasteiger partial charge in [-0.2, -0.15) is 0 Å². The number of carbonyl (C=O) groups excluding carboxylic acids is 1. The molecule has 0 saturated carbocycles. The summed E-state index contributed by atoms with van der Waals surface area (Å²) in [6.07, 6.45) is 1.13. The van der Waals surface area contributed by atoms with Crippen molar-refractivity contribution in [3.63, 3.8) is 0 Å². The van der Waals surface area contributed by atoms with Crippen molar-refractivity contribution in [2.45, 2.75) is 33.4 Å². The summed E-state index contributed by atoms with van der Waals surface area (Å²) >= 11 is 0. The highest BCUT2D eigenvalue weighted by Gasteiger charge is 2.30. The fraction of sp³-hybridized carbons (Fsp3) is 0.316. The number of rotatable bonds is 5. The number of carbonyl (C=O) groups is 1. The first-order valence-corrected chi connectivity index (χ1v) is 10.3. The number of fused-ring (bicyclic) bond motifs is 1. The van der Waals surface area contributed by atoms with Gasteiger partial charge in [0.2, 0.25) is 10.0 Å². The molecule has 0 unspecified atom stereocenters. The van der Waals surface area contributed by atoms with E-state index in [0.29, 0.717) is 12.2 Å². The van der Waals surface area contributed by atoms with Gasteiger partial charge in [-0.05, 0) is 61.2 Å². The Morgan fingerprint density at radius 2 is 1.85 bits per heavy atom. The van der Waals surface area contributed by atoms with Crippen molar-refractivity contribution in [2.75, 3.05) is 11.0 Å². The Morgan fingerprint density at radius 1 is 1.12 bits per heavy atom. The second-order valence-corrected chi connectivity index (χ2v) is 8.71. The van der Waals surface area contributed by atoms with Gasteiger partial charge in [-0.3, -0.25) is 14.5 Å². The molecule has 0 saturated heterocycles. The van der Waals surface area contributed by atoms with E-state index in [4.69, 9.17) is 0 Å². The summed E-state index contributed by atoms with van der Waals surface area (Å²) in [6.45, 7) is 6.43. The van der Waals surface area contributed by atoms with Gasteiger partial charge in [-0.15, -0.1) is 0 Å². The minimum Gasteiger partial charge on any atom is -0.284 e. The van der Waals surface area contributed by atoms with Crippen molar-refractivity contribution < 1.29 is 13.2 Å². The van der Waals surface area contributed by atoms with Crippen molar-refractivity contribution in [2.24, 2.45) is 0 Å². The Morgan fingerprint density at radius 3 is 2.50 bits per heavy atom. The molecule has 2 N–H and O–H groups in total. The predicted octanol–water partition coefficient (Wildman–Crippen LogP) is 2.90. The first kappa shape index (κ1) is 18.4. The number of benzene rings is 2. The molecule has 0 aliphatic carbocycles. The third-order valence-corrected chi connectivity index (χ3v) is 4.72. The Kier molecular flexibility index (Phi) is 4.77. The van der Waals surface area contributed by atoms with Crippen LogP contribution in [0.15, 0.2) is 36.4 Å². The van der Waals surface area contributed by atoms with E-state index in [1.807, 2.05) is 45.0 Å². The van der Waals surface area contributed by atoms with Crippen LogP contribution in [0.3, 0.4) is 0 Å². The van der Waals surface area contributed by atoms with Gasteiger partial charge in [0.05, 0.1) is 12.8 Å². The molecule has 1 heterocycles. The minimum absolute atomic E-state index is 0.00903. The molecule has 6 nitrogen and oxygen atoms in total. The topological polar surface area (TPSA) is 78.5 Å². The average Bonchev–Trinajstić information content (AvgIpc) is 2.81. The molecule has 1 aliphatic heterocycles. The molecule has 2 aromatic carbocycles. The molecule has 0 aromatic heterocycles. The van der Waals surface area contributed by atoms with Gasteiger partial charge >= 0.3 is 0 Å². The number of aryl methyl sites for hydroxylation is 1. The van der Waals surface area contributed by atoms with Crippen LogP contribution in [0.25, 0.3) is 11.1 Å². The van der Waals surface area contributed by atoms with Crippen LogP contribution in [0.1, 0.15) is 35.3 Å². The van der Waals surface area contributed by atoms with E-state index in [9.17, 15) is 13.2 Å². The molecule has 2 aromatic rings. The zero-order valence-corrected chi connectivity index (χ0v) is 16.1. The van der Waals surface area contributed by atoms with Gasteiger partial charge in [-0.1, -0.05) is 18.2 Å². The van der Waals surface area contributed by atoms with Gasteiger partial charge in [0, 0.05) is 17.3 Å². The maximum Gasteiger partial charge on any atom is 0.268 e. The van der Waals surface area contributed by atoms with E-state index in [1.54, 1.807) is 17.1 Å². The lowest BCUT2D eigenvalue weighted by Gasteiger charge is -2.19. The van der Waals surface area contributed by atoms with Crippen molar-refractivity contribution in [3.8, 4) is 11.1 Å². The maximum absolute atomic E-state index is 12.6. The lowest BCUT2D eigenvalue weighted by molar-refractivity contribution is 0.0657. The van der Waals surface area contributed by atoms with Crippen molar-refractivity contribution >= 4 is 21.6 Å². The molecule has 26 heavy (non-hydrogen) atoms. The number of anilines is 1. The molecule has 1 aliphatic rings. The van der Waals surface area contributed by atoms with E-state index < -0.39 is 10.0 Å². The molecule has 0 spiro atoms. The van der Waals surface area contributed by atoms with Crippen molar-refractivity contribution in [3.05, 3.63) is 53.1 Å². The van der Waals surface area contributed by atoms with E-state index in [1.165, 1.54) is 0 Å². The highest BCUT2D eigenvalue weighted by molar-refractivity contribution is 7.92. The molecule has 3 rings (SSSR count). The summed E-state index contributed by atoms with van der Waals surface area (Å²) < 4.78 is 25.4. The molecular weight excluding hydrogens is 350 g/mol. The third kappa shape index (κ3) is 3.89. The Bertz CT molecular complexity index is 968. The number of hydrazine groups is 1. The summed E-state index contributed by atoms with van der Waals surface area (Å²) in [7, 11) is -3.33. The largest absolute Gasteiger partial charge is 0.284 e. The SMILES string of the molecule is Cc1cc(-c2cccc(NS(C)(=O)=O)c2)cc2c1C(=O)N(NC(C)C)C2. The third-order valence-electron chi connectivity index (χ3n) is 4.12. The van der Waals surface area contributed by atoms with E-state index in [2.05, 4.69) is 10.1 Å². The van der Waals surface area contributed by atoms with Crippen molar-refractivity contribution in [1.82, 2.24) is 10.4 Å². The number of hydrogen-bond donors (Lipinski definition) is 2. The van der Waals surface area contributed by atoms with Gasteiger partial charge in [0.25, 0.3) is 5.91 Å². The highest BCUT2D eigenvalue weighted by atomic mass is 32.2. The molecule has 138 valence electrons. The molecule has 7 heteroatoms. The number of nitrogens with one attached hydrogen (secondary N) is 2. The molecule has 0 bridgehead atoms. The van der Waals surface area contributed by atoms with Crippen LogP contribution in [0.4, 0.5) is 5.69 Å². The normalized spacial score (nSPS) is 14.0. The van der Waals surface area contributed by atoms with Gasteiger partial charge < -0.3 is 0 Å². The van der Waals surface area contributed by atoms with Gasteiger partial charge in [0.1, 0.15) is 0 Å². The minimum atomic E-state index is -3.33. The summed E-state index contributed by atoms with van der Waals surface area (Å²) in [6, 6.07) is 11.4. The van der Waals surface area contributed by atoms with Gasteiger partial charge in [-0.25, -0.2) is 13.8 Å². The van der Waals surface area contributed by atoms with E-state index in [-0.39, 0.29) is 11.9 Å². The number of sulfonamides is 1. The van der Waals surface area contributed by atoms with Crippen LogP contribution in [0, 0.1) is 6.92 Å². The highest BCUT2D eigenvalue weighted by Crippen LogP contribution is 2.32. The molecule has 0 radical (unpaired) electrons. The van der Waals surface area contributed by atoms with Crippen LogP contribution in [0.2, 0.25) is 0 Å². The quantitative estimate of drug-likeness (QED) is 0.845. The smallest absolute Gasteiger partial charge is 0.268 e. The second-order valence-electron chi connectivity index (χ2n) is 6.96. The molecule has 1 amide bonds. The fourth-order valence-corrected chi connectivity index (χ4v) is 3.78. The molecule has 0 atom stereocenters. The zero-order valence-electron chi connectivity index (χ0n) is 15.3. The lowest BCUT2D eigenvalue weighted by atomic mass is 9.96. The van der Waals surface area contributed by atoms with Crippen molar-refractivity contribution in [1.29, 1.82) is 0 Å². The van der Waals surface area contributed by atoms with Crippen LogP contribution in [-0.4, -0.2) is 31.6 Å². The Balaban J connectivity index is 1.97. The number of nitrogens with zero attached hydrogens (tertiary/aromatic N) is 1. The average molecular weight is 373 g/mol. The van der Waals surface area contributed by atoms with Crippen LogP contribution < -0.4 is 10.1 Å². The van der Waals surface area contributed by atoms with Crippen LogP contribution in [-0.2, 0) is 16.6 Å². The summed E-state index contributed by atoms with van der Waals surface area (Å²) in [5.74, 6) is -0.00903. The van der Waals surface area contributed by atoms with Gasteiger partial charge in [0.15, 0.2) is 0 Å². The zero-order chi connectivity index (χ0) is 19.1. The Labute approximate surface area is 154 Å². The Hall–Kier alpha value is -2.38. The first-order valence-electron chi connectivity index (χ1n) is 8.44. The first-order chi connectivity index (χ1) is 12.1. The molecule has 0 fully saturated rings. The summed E-state index contributed by atoms with van der Waals surface area (Å²) in [5.41, 5.74) is 8.16. The summed E-state index contributed by atoms with van der Waals surface area (Å²) in [5, 5.41) is 1.65. The van der Waals surface area contributed by atoms with E-state index in [0.717, 1.165) is 34.1 Å². The number of hydrogen-bond acceptors (Lipinski definition) is 4. The van der Waals surface area contributed by atoms with Crippen LogP contribution in [0.5, 0.6) is 0 Å². The molecular formula is C19H23N3O3S. The fourth-order valence-electron chi connectivity index (χ4n) is 3.23. The predicted molar refractivity (Wildman–Crippen MR) is 103 cm³/mol. The lowest BCUT2D eigenvalue weighted by Crippen LogP contribution is -2.42. The number of amides is 1. The van der Waals surface area contributed by atoms with E-state index >= 15 is 0 Å². The standard InChI is InChI=1S/C19H23N3O3S/c1-12(2)20-22-11-16-9-15(8-13(3)18(16)19(22)23)14-6-5-7-17(10-14)21-26(4,24)25/h5-10,12,20-21H,11H2,1-4H3. The monoisotopic (exact) mass is 373 g/mol. The maximum atomic E-state index is 12.6. The van der Waals surface area contributed by atoms with Crippen LogP contribution >= 0.6 is 0 Å². The second kappa shape index (κ2) is 6.74. The summed E-state index contributed by atoms with van der Waals surface area (Å²) in [4.78, 5) is 12.6.